The lowest BCUT2D eigenvalue weighted by atomic mass is 10.0. The minimum atomic E-state index is -0.883. The molecule has 4 aromatic carbocycles. The second-order valence-electron chi connectivity index (χ2n) is 16.3. The van der Waals surface area contributed by atoms with E-state index in [1.807, 2.05) is 114 Å². The molecule has 13 heteroatoms. The van der Waals surface area contributed by atoms with Crippen LogP contribution in [0.4, 0.5) is 4.79 Å². The molecule has 63 heavy (non-hydrogen) atoms. The Morgan fingerprint density at radius 3 is 1.49 bits per heavy atom. The molecule has 4 atom stereocenters. The van der Waals surface area contributed by atoms with Gasteiger partial charge in [0, 0.05) is 30.1 Å². The largest absolute Gasteiger partial charge is 0.453 e. The summed E-state index contributed by atoms with van der Waals surface area (Å²) in [6.07, 6.45) is 7.85. The van der Waals surface area contributed by atoms with Gasteiger partial charge in [-0.3, -0.25) is 14.4 Å². The predicted octanol–water partition coefficient (Wildman–Crippen LogP) is 7.56. The zero-order valence-electron chi connectivity index (χ0n) is 34.9. The van der Waals surface area contributed by atoms with Crippen LogP contribution < -0.4 is 10.6 Å². The van der Waals surface area contributed by atoms with Crippen LogP contribution in [0.2, 0.25) is 0 Å². The number of hydrogen-bond donors (Lipinski definition) is 4. The second kappa shape index (κ2) is 18.3. The Labute approximate surface area is 365 Å². The standard InChI is InChI=1S/C50H48N8O5/c1-63-50(62)56-44(37-12-6-3-7-13-37)49(61)58-29-9-15-42(58)46-52-31-40(54-46)35-24-20-33(21-25-35)17-16-32-18-22-34(23-19-32)39-30-51-45(53-39)41-14-8-28-57(41)48(60)43(36-10-4-2-5-11-36)55-47(59)38-26-27-38/h2-7,10-13,18-25,30-31,38,41-44H,8-9,14-15,26-29H2,1H3,(H,51,53)(H,52,54)(H,55,59)(H,56,62)/t41-,42-,43+,44+/m0/s1. The summed E-state index contributed by atoms with van der Waals surface area (Å²) < 4.78 is 4.82. The van der Waals surface area contributed by atoms with Gasteiger partial charge in [0.05, 0.1) is 43.0 Å². The number of aromatic nitrogens is 4. The van der Waals surface area contributed by atoms with E-state index in [2.05, 4.69) is 37.4 Å². The zero-order valence-corrected chi connectivity index (χ0v) is 34.9. The first-order valence-electron chi connectivity index (χ1n) is 21.5. The summed E-state index contributed by atoms with van der Waals surface area (Å²) in [4.78, 5) is 72.9. The van der Waals surface area contributed by atoms with Crippen molar-refractivity contribution in [3.05, 3.63) is 155 Å². The number of H-pyrrole nitrogens is 2. The Bertz CT molecular complexity index is 2650. The molecule has 2 saturated heterocycles. The minimum absolute atomic E-state index is 0.00367. The first kappa shape index (κ1) is 40.9. The van der Waals surface area contributed by atoms with E-state index in [-0.39, 0.29) is 35.7 Å². The Balaban J connectivity index is 0.831. The summed E-state index contributed by atoms with van der Waals surface area (Å²) in [5, 5.41) is 5.75. The van der Waals surface area contributed by atoms with Crippen molar-refractivity contribution in [1.82, 2.24) is 40.4 Å². The predicted molar refractivity (Wildman–Crippen MR) is 236 cm³/mol. The van der Waals surface area contributed by atoms with Crippen LogP contribution in [0.25, 0.3) is 22.5 Å². The van der Waals surface area contributed by atoms with Crippen LogP contribution in [0.15, 0.2) is 122 Å². The van der Waals surface area contributed by atoms with Crippen molar-refractivity contribution < 1.29 is 23.9 Å². The quantitative estimate of drug-likeness (QED) is 0.0978. The molecular formula is C50H48N8O5. The van der Waals surface area contributed by atoms with Crippen molar-refractivity contribution in [2.24, 2.45) is 5.92 Å². The van der Waals surface area contributed by atoms with Crippen molar-refractivity contribution in [3.63, 3.8) is 0 Å². The van der Waals surface area contributed by atoms with Gasteiger partial charge in [0.25, 0.3) is 5.91 Å². The number of benzene rings is 4. The summed E-state index contributed by atoms with van der Waals surface area (Å²) in [7, 11) is 1.28. The number of carbonyl (C=O) groups excluding carboxylic acids is 4. The molecule has 0 radical (unpaired) electrons. The van der Waals surface area contributed by atoms with Crippen molar-refractivity contribution in [2.75, 3.05) is 20.2 Å². The van der Waals surface area contributed by atoms with Gasteiger partial charge >= 0.3 is 6.09 Å². The number of ether oxygens (including phenoxy) is 1. The van der Waals surface area contributed by atoms with Crippen LogP contribution in [0, 0.1) is 17.8 Å². The van der Waals surface area contributed by atoms with Gasteiger partial charge in [-0.1, -0.05) is 96.8 Å². The normalized spacial score (nSPS) is 17.9. The van der Waals surface area contributed by atoms with E-state index in [0.29, 0.717) is 24.5 Å². The van der Waals surface area contributed by atoms with Crippen LogP contribution in [0.1, 0.15) is 96.6 Å². The number of hydrogen-bond acceptors (Lipinski definition) is 7. The highest BCUT2D eigenvalue weighted by atomic mass is 16.5. The van der Waals surface area contributed by atoms with E-state index in [4.69, 9.17) is 9.72 Å². The third-order valence-corrected chi connectivity index (χ3v) is 12.1. The summed E-state index contributed by atoms with van der Waals surface area (Å²) in [6, 6.07) is 32.4. The van der Waals surface area contributed by atoms with Crippen molar-refractivity contribution in [1.29, 1.82) is 0 Å². The number of aromatic amines is 2. The van der Waals surface area contributed by atoms with Gasteiger partial charge in [0.15, 0.2) is 0 Å². The van der Waals surface area contributed by atoms with Crippen molar-refractivity contribution in [2.45, 2.75) is 62.7 Å². The monoisotopic (exact) mass is 840 g/mol. The van der Waals surface area contributed by atoms with Crippen LogP contribution >= 0.6 is 0 Å². The summed E-state index contributed by atoms with van der Waals surface area (Å²) in [5.74, 6) is 7.56. The molecular weight excluding hydrogens is 793 g/mol. The molecule has 0 bridgehead atoms. The van der Waals surface area contributed by atoms with Gasteiger partial charge in [-0.15, -0.1) is 0 Å². The average molecular weight is 841 g/mol. The molecule has 4 heterocycles. The van der Waals surface area contributed by atoms with Gasteiger partial charge in [0.2, 0.25) is 11.8 Å². The maximum Gasteiger partial charge on any atom is 0.407 e. The number of imidazole rings is 2. The van der Waals surface area contributed by atoms with Crippen molar-refractivity contribution in [3.8, 4) is 34.4 Å². The molecule has 2 aliphatic heterocycles. The fourth-order valence-electron chi connectivity index (χ4n) is 8.53. The first-order chi connectivity index (χ1) is 30.8. The van der Waals surface area contributed by atoms with Crippen molar-refractivity contribution >= 4 is 23.8 Å². The third kappa shape index (κ3) is 9.11. The number of rotatable bonds is 11. The smallest absolute Gasteiger partial charge is 0.407 e. The van der Waals surface area contributed by atoms with Crippen LogP contribution in [0.5, 0.6) is 0 Å². The number of alkyl carbamates (subject to hydrolysis) is 1. The highest BCUT2D eigenvalue weighted by Gasteiger charge is 2.40. The maximum absolute atomic E-state index is 14.1. The number of methoxy groups -OCH3 is 1. The van der Waals surface area contributed by atoms with E-state index < -0.39 is 18.2 Å². The minimum Gasteiger partial charge on any atom is -0.453 e. The number of nitrogens with zero attached hydrogens (tertiary/aromatic N) is 4. The molecule has 6 aromatic rings. The number of carbonyl (C=O) groups is 4. The molecule has 3 fully saturated rings. The Morgan fingerprint density at radius 2 is 1.06 bits per heavy atom. The molecule has 318 valence electrons. The highest BCUT2D eigenvalue weighted by Crippen LogP contribution is 2.36. The number of nitrogens with one attached hydrogen (secondary N) is 4. The maximum atomic E-state index is 14.1. The average Bonchev–Trinajstić information content (AvgIpc) is 3.77. The summed E-state index contributed by atoms with van der Waals surface area (Å²) in [6.45, 7) is 1.15. The van der Waals surface area contributed by atoms with E-state index in [9.17, 15) is 19.2 Å². The third-order valence-electron chi connectivity index (χ3n) is 12.1. The lowest BCUT2D eigenvalue weighted by Crippen LogP contribution is -2.43. The molecule has 3 aliphatic rings. The number of likely N-dealkylation sites (tertiary alicyclic amines) is 2. The van der Waals surface area contributed by atoms with Crippen LogP contribution in [-0.4, -0.2) is 73.7 Å². The lowest BCUT2D eigenvalue weighted by Gasteiger charge is -2.28. The molecule has 1 aliphatic carbocycles. The van der Waals surface area contributed by atoms with E-state index in [1.54, 1.807) is 17.3 Å². The van der Waals surface area contributed by atoms with Crippen LogP contribution in [0.3, 0.4) is 0 Å². The molecule has 0 spiro atoms. The molecule has 13 nitrogen and oxygen atoms in total. The van der Waals surface area contributed by atoms with Gasteiger partial charge in [-0.05, 0) is 85.0 Å². The molecule has 4 amide bonds. The molecule has 2 aromatic heterocycles. The highest BCUT2D eigenvalue weighted by molar-refractivity contribution is 5.91. The van der Waals surface area contributed by atoms with E-state index >= 15 is 0 Å². The number of amides is 4. The van der Waals surface area contributed by atoms with Gasteiger partial charge < -0.3 is 35.1 Å². The van der Waals surface area contributed by atoms with Gasteiger partial charge in [0.1, 0.15) is 23.7 Å². The van der Waals surface area contributed by atoms with E-state index in [0.717, 1.165) is 83.6 Å². The Kier molecular flexibility index (Phi) is 11.9. The Morgan fingerprint density at radius 1 is 0.619 bits per heavy atom. The molecule has 0 unspecified atom stereocenters. The fourth-order valence-corrected chi connectivity index (χ4v) is 8.53. The zero-order chi connectivity index (χ0) is 43.3. The SMILES string of the molecule is COC(=O)N[C@@H](C(=O)N1CCC[C@H]1c1ncc(-c2ccc(C#Cc3ccc(-c4cnc([C@@H]5CCCN5C(=O)[C@H](NC(=O)C5CC5)c5ccccc5)[nH]4)cc3)cc2)[nH]1)c1ccccc1. The second-order valence-corrected chi connectivity index (χ2v) is 16.3. The van der Waals surface area contributed by atoms with Gasteiger partial charge in [-0.25, -0.2) is 14.8 Å². The molecule has 4 N–H and O–H groups in total. The molecule has 9 rings (SSSR count). The van der Waals surface area contributed by atoms with E-state index in [1.165, 1.54) is 7.11 Å². The summed E-state index contributed by atoms with van der Waals surface area (Å²) >= 11 is 0. The fraction of sp³-hybridized carbons (Fsp3) is 0.280. The first-order valence-corrected chi connectivity index (χ1v) is 21.5. The molecule has 1 saturated carbocycles. The van der Waals surface area contributed by atoms with Crippen LogP contribution in [-0.2, 0) is 19.1 Å². The van der Waals surface area contributed by atoms with Gasteiger partial charge in [-0.2, -0.15) is 0 Å². The topological polar surface area (TPSA) is 165 Å². The Hall–Kier alpha value is -7.46. The lowest BCUT2D eigenvalue weighted by molar-refractivity contribution is -0.138. The summed E-state index contributed by atoms with van der Waals surface area (Å²) in [5.41, 5.74) is 6.75.